The van der Waals surface area contributed by atoms with E-state index in [9.17, 15) is 0 Å². The number of benzene rings is 1. The summed E-state index contributed by atoms with van der Waals surface area (Å²) in [6.07, 6.45) is 6.14. The zero-order valence-corrected chi connectivity index (χ0v) is 12.1. The van der Waals surface area contributed by atoms with E-state index in [4.69, 9.17) is 17.3 Å². The molecule has 0 spiro atoms. The first-order chi connectivity index (χ1) is 9.74. The SMILES string of the molecule is Nc1cc(Cl)ccc1CN1CCCC1c1ccncc1. The average Bonchev–Trinajstić information content (AvgIpc) is 2.91. The summed E-state index contributed by atoms with van der Waals surface area (Å²) in [7, 11) is 0. The summed E-state index contributed by atoms with van der Waals surface area (Å²) in [5, 5.41) is 0.693. The summed E-state index contributed by atoms with van der Waals surface area (Å²) in [6.45, 7) is 1.98. The van der Waals surface area contributed by atoms with E-state index in [1.165, 1.54) is 18.4 Å². The van der Waals surface area contributed by atoms with Gasteiger partial charge in [-0.2, -0.15) is 0 Å². The van der Waals surface area contributed by atoms with Crippen molar-refractivity contribution >= 4 is 17.3 Å². The van der Waals surface area contributed by atoms with E-state index < -0.39 is 0 Å². The molecule has 4 heteroatoms. The maximum absolute atomic E-state index is 6.06. The number of aromatic nitrogens is 1. The third-order valence-corrected chi connectivity index (χ3v) is 4.17. The largest absolute Gasteiger partial charge is 0.398 e. The Morgan fingerprint density at radius 1 is 1.25 bits per heavy atom. The van der Waals surface area contributed by atoms with E-state index in [1.54, 1.807) is 0 Å². The number of hydrogen-bond donors (Lipinski definition) is 1. The maximum Gasteiger partial charge on any atom is 0.0426 e. The minimum Gasteiger partial charge on any atom is -0.398 e. The summed E-state index contributed by atoms with van der Waals surface area (Å²) >= 11 is 5.96. The third-order valence-electron chi connectivity index (χ3n) is 3.94. The van der Waals surface area contributed by atoms with Crippen molar-refractivity contribution in [3.05, 3.63) is 58.9 Å². The van der Waals surface area contributed by atoms with Gasteiger partial charge in [-0.3, -0.25) is 9.88 Å². The fourth-order valence-electron chi connectivity index (χ4n) is 2.91. The number of nitrogens with zero attached hydrogens (tertiary/aromatic N) is 2. The van der Waals surface area contributed by atoms with E-state index in [0.29, 0.717) is 11.1 Å². The van der Waals surface area contributed by atoms with E-state index in [-0.39, 0.29) is 0 Å². The lowest BCUT2D eigenvalue weighted by Crippen LogP contribution is -2.23. The zero-order valence-electron chi connectivity index (χ0n) is 11.3. The minimum atomic E-state index is 0.466. The number of anilines is 1. The molecule has 1 aliphatic heterocycles. The molecular formula is C16H18ClN3. The smallest absolute Gasteiger partial charge is 0.0426 e. The number of nitrogens with two attached hydrogens (primary N) is 1. The summed E-state index contributed by atoms with van der Waals surface area (Å²) in [6, 6.07) is 10.4. The van der Waals surface area contributed by atoms with Gasteiger partial charge in [-0.15, -0.1) is 0 Å². The first-order valence-electron chi connectivity index (χ1n) is 6.92. The van der Waals surface area contributed by atoms with Gasteiger partial charge in [0.05, 0.1) is 0 Å². The van der Waals surface area contributed by atoms with Crippen molar-refractivity contribution in [1.29, 1.82) is 0 Å². The van der Waals surface area contributed by atoms with Crippen LogP contribution < -0.4 is 5.73 Å². The first-order valence-corrected chi connectivity index (χ1v) is 7.30. The standard InChI is InChI=1S/C16H18ClN3/c17-14-4-3-13(15(18)10-14)11-20-9-1-2-16(20)12-5-7-19-8-6-12/h3-8,10,16H,1-2,9,11,18H2. The highest BCUT2D eigenvalue weighted by molar-refractivity contribution is 6.30. The predicted octanol–water partition coefficient (Wildman–Crippen LogP) is 3.65. The van der Waals surface area contributed by atoms with Crippen molar-refractivity contribution in [3.63, 3.8) is 0 Å². The molecule has 1 unspecified atom stereocenters. The molecule has 3 nitrogen and oxygen atoms in total. The van der Waals surface area contributed by atoms with Gasteiger partial charge in [0.2, 0.25) is 0 Å². The number of likely N-dealkylation sites (tertiary alicyclic amines) is 1. The molecule has 104 valence electrons. The molecule has 1 aromatic carbocycles. The zero-order chi connectivity index (χ0) is 13.9. The second-order valence-electron chi connectivity index (χ2n) is 5.25. The Bertz CT molecular complexity index is 586. The molecule has 3 rings (SSSR count). The molecule has 0 bridgehead atoms. The average molecular weight is 288 g/mol. The number of pyridine rings is 1. The van der Waals surface area contributed by atoms with Crippen LogP contribution in [-0.2, 0) is 6.54 Å². The Labute approximate surface area is 124 Å². The van der Waals surface area contributed by atoms with Crippen LogP contribution in [0.3, 0.4) is 0 Å². The van der Waals surface area contributed by atoms with Gasteiger partial charge in [-0.1, -0.05) is 17.7 Å². The monoisotopic (exact) mass is 287 g/mol. The quantitative estimate of drug-likeness (QED) is 0.876. The molecule has 1 aliphatic rings. The maximum atomic E-state index is 6.06. The fraction of sp³-hybridized carbons (Fsp3) is 0.312. The molecule has 0 aliphatic carbocycles. The fourth-order valence-corrected chi connectivity index (χ4v) is 3.09. The van der Waals surface area contributed by atoms with Crippen LogP contribution in [0.4, 0.5) is 5.69 Å². The van der Waals surface area contributed by atoms with Crippen molar-refractivity contribution in [2.45, 2.75) is 25.4 Å². The second-order valence-corrected chi connectivity index (χ2v) is 5.69. The van der Waals surface area contributed by atoms with Crippen molar-refractivity contribution in [2.24, 2.45) is 0 Å². The van der Waals surface area contributed by atoms with Crippen LogP contribution in [0.2, 0.25) is 5.02 Å². The highest BCUT2D eigenvalue weighted by atomic mass is 35.5. The molecule has 1 fully saturated rings. The second kappa shape index (κ2) is 5.81. The van der Waals surface area contributed by atoms with Crippen LogP contribution in [0.25, 0.3) is 0 Å². The Kier molecular flexibility index (Phi) is 3.90. The summed E-state index contributed by atoms with van der Waals surface area (Å²) in [5.41, 5.74) is 9.32. The van der Waals surface area contributed by atoms with Gasteiger partial charge in [0.1, 0.15) is 0 Å². The van der Waals surface area contributed by atoms with Crippen LogP contribution in [0.1, 0.15) is 30.0 Å². The Morgan fingerprint density at radius 2 is 2.05 bits per heavy atom. The molecule has 1 saturated heterocycles. The molecule has 1 atom stereocenters. The molecule has 2 aromatic rings. The minimum absolute atomic E-state index is 0.466. The highest BCUT2D eigenvalue weighted by Gasteiger charge is 2.26. The van der Waals surface area contributed by atoms with Gasteiger partial charge >= 0.3 is 0 Å². The molecule has 2 heterocycles. The molecule has 0 amide bonds. The number of halogens is 1. The predicted molar refractivity (Wildman–Crippen MR) is 82.5 cm³/mol. The normalized spacial score (nSPS) is 19.4. The van der Waals surface area contributed by atoms with Crippen molar-refractivity contribution in [3.8, 4) is 0 Å². The number of rotatable bonds is 3. The van der Waals surface area contributed by atoms with Gasteiger partial charge < -0.3 is 5.73 Å². The Balaban J connectivity index is 1.79. The van der Waals surface area contributed by atoms with Gasteiger partial charge in [0, 0.05) is 35.7 Å². The van der Waals surface area contributed by atoms with Crippen LogP contribution >= 0.6 is 11.6 Å². The lowest BCUT2D eigenvalue weighted by atomic mass is 10.1. The van der Waals surface area contributed by atoms with Crippen molar-refractivity contribution < 1.29 is 0 Å². The van der Waals surface area contributed by atoms with E-state index in [0.717, 1.165) is 24.3 Å². The number of nitrogen functional groups attached to an aromatic ring is 1. The first kappa shape index (κ1) is 13.4. The topological polar surface area (TPSA) is 42.1 Å². The van der Waals surface area contributed by atoms with E-state index in [1.807, 2.05) is 30.6 Å². The number of hydrogen-bond acceptors (Lipinski definition) is 3. The lowest BCUT2D eigenvalue weighted by Gasteiger charge is -2.25. The van der Waals surface area contributed by atoms with Crippen molar-refractivity contribution in [2.75, 3.05) is 12.3 Å². The van der Waals surface area contributed by atoms with Gasteiger partial charge in [-0.05, 0) is 54.8 Å². The van der Waals surface area contributed by atoms with Crippen LogP contribution in [0.15, 0.2) is 42.7 Å². The molecule has 0 radical (unpaired) electrons. The Morgan fingerprint density at radius 3 is 2.80 bits per heavy atom. The lowest BCUT2D eigenvalue weighted by molar-refractivity contribution is 0.249. The van der Waals surface area contributed by atoms with Crippen molar-refractivity contribution in [1.82, 2.24) is 9.88 Å². The van der Waals surface area contributed by atoms with E-state index >= 15 is 0 Å². The molecule has 1 aromatic heterocycles. The van der Waals surface area contributed by atoms with Gasteiger partial charge in [-0.25, -0.2) is 0 Å². The van der Waals surface area contributed by atoms with Crippen LogP contribution in [0, 0.1) is 0 Å². The Hall–Kier alpha value is -1.58. The van der Waals surface area contributed by atoms with E-state index in [2.05, 4.69) is 22.0 Å². The third kappa shape index (κ3) is 2.79. The van der Waals surface area contributed by atoms with Crippen LogP contribution in [-0.4, -0.2) is 16.4 Å². The molecule has 20 heavy (non-hydrogen) atoms. The van der Waals surface area contributed by atoms with Gasteiger partial charge in [0.15, 0.2) is 0 Å². The summed E-state index contributed by atoms with van der Waals surface area (Å²) in [5.74, 6) is 0. The van der Waals surface area contributed by atoms with Gasteiger partial charge in [0.25, 0.3) is 0 Å². The van der Waals surface area contributed by atoms with Crippen LogP contribution in [0.5, 0.6) is 0 Å². The highest BCUT2D eigenvalue weighted by Crippen LogP contribution is 2.33. The molecular weight excluding hydrogens is 270 g/mol. The molecule has 2 N–H and O–H groups in total. The summed E-state index contributed by atoms with van der Waals surface area (Å²) in [4.78, 5) is 6.58. The molecule has 0 saturated carbocycles. The summed E-state index contributed by atoms with van der Waals surface area (Å²) < 4.78 is 0.